The van der Waals surface area contributed by atoms with Gasteiger partial charge in [-0.25, -0.2) is 9.98 Å². The standard InChI is InChI=1S/C42H30N4O/c1-3-11-28(12-4-1)39-44-40(29-13-5-2-6-14-29)46-41(45-39)30-22-20-27(21-23-30)31-24-25-34(33-16-8-7-15-32(31)33)35-17-9-19-37-38(35)36-18-10-26-43-42(36)47-37/h1-25,39,43H,26H2,(H,44,45,46). The Kier molecular flexibility index (Phi) is 6.53. The first-order chi connectivity index (χ1) is 23.3. The molecule has 47 heavy (non-hydrogen) atoms. The van der Waals surface area contributed by atoms with Crippen molar-refractivity contribution < 1.29 is 4.42 Å². The second kappa shape index (κ2) is 11.3. The summed E-state index contributed by atoms with van der Waals surface area (Å²) in [4.78, 5) is 9.96. The second-order valence-corrected chi connectivity index (χ2v) is 11.8. The Bertz CT molecular complexity index is 2370. The van der Waals surface area contributed by atoms with Gasteiger partial charge in [-0.2, -0.15) is 0 Å². The first-order valence-electron chi connectivity index (χ1n) is 15.9. The van der Waals surface area contributed by atoms with E-state index in [4.69, 9.17) is 14.4 Å². The zero-order chi connectivity index (χ0) is 31.2. The monoisotopic (exact) mass is 606 g/mol. The number of aliphatic imine (C=N–C) groups is 2. The average molecular weight is 607 g/mol. The Morgan fingerprint density at radius 1 is 0.596 bits per heavy atom. The smallest absolute Gasteiger partial charge is 0.201 e. The molecule has 0 saturated heterocycles. The minimum Gasteiger partial charge on any atom is -0.440 e. The molecule has 3 heterocycles. The van der Waals surface area contributed by atoms with Gasteiger partial charge in [0.25, 0.3) is 0 Å². The number of rotatable bonds is 5. The lowest BCUT2D eigenvalue weighted by Gasteiger charge is -2.23. The number of fused-ring (bicyclic) bond motifs is 4. The summed E-state index contributed by atoms with van der Waals surface area (Å²) in [6, 6.07) is 48.7. The zero-order valence-electron chi connectivity index (χ0n) is 25.5. The van der Waals surface area contributed by atoms with Gasteiger partial charge in [0.15, 0.2) is 5.84 Å². The third-order valence-electron chi connectivity index (χ3n) is 8.99. The number of benzene rings is 6. The van der Waals surface area contributed by atoms with Crippen molar-refractivity contribution in [3.05, 3.63) is 168 Å². The van der Waals surface area contributed by atoms with Crippen molar-refractivity contribution in [2.24, 2.45) is 9.98 Å². The van der Waals surface area contributed by atoms with Crippen LogP contribution in [-0.4, -0.2) is 18.2 Å². The molecule has 0 radical (unpaired) electrons. The Labute approximate surface area is 272 Å². The Hall–Kier alpha value is -6.20. The summed E-state index contributed by atoms with van der Waals surface area (Å²) in [5.74, 6) is 2.36. The molecule has 2 aliphatic rings. The molecule has 6 aromatic carbocycles. The fraction of sp³-hybridized carbons (Fsp3) is 0.0476. The normalized spacial score (nSPS) is 15.4. The molecule has 1 unspecified atom stereocenters. The van der Waals surface area contributed by atoms with E-state index in [-0.39, 0.29) is 6.17 Å². The van der Waals surface area contributed by atoms with Crippen molar-refractivity contribution in [1.29, 1.82) is 0 Å². The van der Waals surface area contributed by atoms with Gasteiger partial charge in [-0.15, -0.1) is 0 Å². The van der Waals surface area contributed by atoms with Gasteiger partial charge in [0.1, 0.15) is 17.6 Å². The zero-order valence-corrected chi connectivity index (χ0v) is 25.5. The molecule has 1 atom stereocenters. The van der Waals surface area contributed by atoms with Gasteiger partial charge in [-0.1, -0.05) is 146 Å². The van der Waals surface area contributed by atoms with Gasteiger partial charge < -0.3 is 15.1 Å². The van der Waals surface area contributed by atoms with Crippen molar-refractivity contribution in [3.8, 4) is 22.3 Å². The molecule has 9 rings (SSSR count). The van der Waals surface area contributed by atoms with Gasteiger partial charge in [0, 0.05) is 28.6 Å². The van der Waals surface area contributed by atoms with Crippen LogP contribution in [0.5, 0.6) is 0 Å². The lowest BCUT2D eigenvalue weighted by atomic mass is 9.90. The van der Waals surface area contributed by atoms with Crippen LogP contribution in [-0.2, 0) is 0 Å². The summed E-state index contributed by atoms with van der Waals surface area (Å²) < 4.78 is 6.20. The molecule has 0 spiro atoms. The maximum Gasteiger partial charge on any atom is 0.201 e. The summed E-state index contributed by atoms with van der Waals surface area (Å²) in [6.45, 7) is 0.775. The Morgan fingerprint density at radius 2 is 1.30 bits per heavy atom. The van der Waals surface area contributed by atoms with Gasteiger partial charge in [-0.05, 0) is 44.7 Å². The Balaban J connectivity index is 1.10. The number of hydrogen-bond acceptors (Lipinski definition) is 5. The minimum atomic E-state index is -0.230. The lowest BCUT2D eigenvalue weighted by molar-refractivity contribution is 0.628. The molecule has 0 aliphatic carbocycles. The quantitative estimate of drug-likeness (QED) is 0.205. The number of nitrogens with zero attached hydrogens (tertiary/aromatic N) is 2. The summed E-state index contributed by atoms with van der Waals surface area (Å²) in [6.07, 6.45) is 4.08. The highest BCUT2D eigenvalue weighted by Crippen LogP contribution is 2.43. The van der Waals surface area contributed by atoms with Gasteiger partial charge in [-0.3, -0.25) is 0 Å². The lowest BCUT2D eigenvalue weighted by Crippen LogP contribution is -2.33. The summed E-state index contributed by atoms with van der Waals surface area (Å²) in [5, 5.41) is 10.5. The molecule has 7 aromatic rings. The number of furan rings is 1. The van der Waals surface area contributed by atoms with Crippen LogP contribution in [0.4, 0.5) is 5.88 Å². The highest BCUT2D eigenvalue weighted by atomic mass is 16.3. The van der Waals surface area contributed by atoms with E-state index in [1.807, 2.05) is 42.5 Å². The minimum absolute atomic E-state index is 0.230. The largest absolute Gasteiger partial charge is 0.440 e. The number of hydrogen-bond donors (Lipinski definition) is 2. The maximum atomic E-state index is 6.20. The van der Waals surface area contributed by atoms with Crippen molar-refractivity contribution in [2.75, 3.05) is 11.9 Å². The van der Waals surface area contributed by atoms with E-state index >= 15 is 0 Å². The van der Waals surface area contributed by atoms with Crippen molar-refractivity contribution in [3.63, 3.8) is 0 Å². The van der Waals surface area contributed by atoms with E-state index in [9.17, 15) is 0 Å². The fourth-order valence-electron chi connectivity index (χ4n) is 6.73. The van der Waals surface area contributed by atoms with Crippen LogP contribution >= 0.6 is 0 Å². The number of anilines is 1. The van der Waals surface area contributed by atoms with E-state index in [0.717, 1.165) is 62.9 Å². The van der Waals surface area contributed by atoms with E-state index in [0.29, 0.717) is 0 Å². The molecule has 0 fully saturated rings. The molecule has 0 bridgehead atoms. The van der Waals surface area contributed by atoms with Crippen LogP contribution < -0.4 is 10.6 Å². The van der Waals surface area contributed by atoms with E-state index in [2.05, 4.69) is 120 Å². The highest BCUT2D eigenvalue weighted by molar-refractivity contribution is 6.14. The molecule has 2 aliphatic heterocycles. The van der Waals surface area contributed by atoms with Crippen LogP contribution in [0.15, 0.2) is 160 Å². The Morgan fingerprint density at radius 3 is 2.11 bits per heavy atom. The molecule has 0 saturated carbocycles. The average Bonchev–Trinajstić information content (AvgIpc) is 3.54. The third-order valence-corrected chi connectivity index (χ3v) is 8.99. The van der Waals surface area contributed by atoms with Gasteiger partial charge in [0.05, 0.1) is 0 Å². The summed E-state index contributed by atoms with van der Waals surface area (Å²) >= 11 is 0. The molecule has 224 valence electrons. The van der Waals surface area contributed by atoms with Crippen LogP contribution in [0, 0.1) is 0 Å². The molecule has 0 amide bonds. The molecular formula is C42H30N4O. The molecule has 5 nitrogen and oxygen atoms in total. The number of amidine groups is 2. The van der Waals surface area contributed by atoms with E-state index in [1.54, 1.807) is 0 Å². The van der Waals surface area contributed by atoms with Crippen LogP contribution in [0.3, 0.4) is 0 Å². The van der Waals surface area contributed by atoms with Crippen molar-refractivity contribution in [1.82, 2.24) is 5.32 Å². The van der Waals surface area contributed by atoms with Crippen LogP contribution in [0.25, 0.3) is 50.1 Å². The van der Waals surface area contributed by atoms with Crippen LogP contribution in [0.1, 0.15) is 28.4 Å². The van der Waals surface area contributed by atoms with Crippen molar-refractivity contribution >= 4 is 45.4 Å². The second-order valence-electron chi connectivity index (χ2n) is 11.8. The topological polar surface area (TPSA) is 61.9 Å². The van der Waals surface area contributed by atoms with E-state index in [1.165, 1.54) is 27.5 Å². The first-order valence-corrected chi connectivity index (χ1v) is 15.9. The molecule has 2 N–H and O–H groups in total. The van der Waals surface area contributed by atoms with Crippen LogP contribution in [0.2, 0.25) is 0 Å². The van der Waals surface area contributed by atoms with E-state index < -0.39 is 0 Å². The first kappa shape index (κ1) is 27.1. The van der Waals surface area contributed by atoms with Gasteiger partial charge in [0.2, 0.25) is 5.88 Å². The molecular weight excluding hydrogens is 576 g/mol. The van der Waals surface area contributed by atoms with Crippen molar-refractivity contribution in [2.45, 2.75) is 6.17 Å². The highest BCUT2D eigenvalue weighted by Gasteiger charge is 2.22. The maximum absolute atomic E-state index is 6.20. The third kappa shape index (κ3) is 4.80. The molecule has 5 heteroatoms. The predicted molar refractivity (Wildman–Crippen MR) is 194 cm³/mol. The predicted octanol–water partition coefficient (Wildman–Crippen LogP) is 9.85. The summed E-state index contributed by atoms with van der Waals surface area (Å²) in [5.41, 5.74) is 9.80. The molecule has 1 aromatic heterocycles. The number of nitrogens with one attached hydrogen (secondary N) is 2. The van der Waals surface area contributed by atoms with Gasteiger partial charge >= 0.3 is 0 Å². The summed E-state index contributed by atoms with van der Waals surface area (Å²) in [7, 11) is 0. The SMILES string of the molecule is C1=Cc2c(oc3cccc(-c4ccc(-c5ccc(C6=NC(c7ccccc7)=NC(c7ccccc7)N6)cc5)c5ccccc45)c23)NC1. The fourth-order valence-corrected chi connectivity index (χ4v) is 6.73.